The SMILES string of the molecule is CN(C)CCOCCOCCOCCN=[N+]=[N-]. The predicted molar refractivity (Wildman–Crippen MR) is 65.0 cm³/mol. The average Bonchev–Trinajstić information content (AvgIpc) is 2.30. The summed E-state index contributed by atoms with van der Waals surface area (Å²) in [5.41, 5.74) is 8.01. The number of hydrogen-bond donors (Lipinski definition) is 0. The Hall–Kier alpha value is -0.850. The molecule has 0 spiro atoms. The van der Waals surface area contributed by atoms with E-state index >= 15 is 0 Å². The lowest BCUT2D eigenvalue weighted by molar-refractivity contribution is 0.0137. The van der Waals surface area contributed by atoms with Crippen molar-refractivity contribution in [2.24, 2.45) is 5.11 Å². The molecule has 0 saturated heterocycles. The monoisotopic (exact) mass is 246 g/mol. The molecule has 0 bridgehead atoms. The van der Waals surface area contributed by atoms with E-state index in [9.17, 15) is 0 Å². The average molecular weight is 246 g/mol. The highest BCUT2D eigenvalue weighted by Gasteiger charge is 1.92. The van der Waals surface area contributed by atoms with Gasteiger partial charge < -0.3 is 19.1 Å². The third-order valence-corrected chi connectivity index (χ3v) is 1.83. The lowest BCUT2D eigenvalue weighted by Crippen LogP contribution is -2.19. The highest BCUT2D eigenvalue weighted by Crippen LogP contribution is 1.83. The van der Waals surface area contributed by atoms with Gasteiger partial charge in [0.05, 0.1) is 39.6 Å². The zero-order chi connectivity index (χ0) is 12.8. The van der Waals surface area contributed by atoms with Gasteiger partial charge in [-0.25, -0.2) is 0 Å². The van der Waals surface area contributed by atoms with Gasteiger partial charge >= 0.3 is 0 Å². The molecule has 0 amide bonds. The Bertz CT molecular complexity index is 208. The van der Waals surface area contributed by atoms with Gasteiger partial charge in [0.1, 0.15) is 0 Å². The van der Waals surface area contributed by atoms with Crippen molar-refractivity contribution in [2.45, 2.75) is 0 Å². The van der Waals surface area contributed by atoms with E-state index in [4.69, 9.17) is 19.7 Å². The molecular formula is C10H22N4O3. The van der Waals surface area contributed by atoms with Gasteiger partial charge in [-0.05, 0) is 19.6 Å². The molecule has 0 aromatic rings. The topological polar surface area (TPSA) is 79.7 Å². The van der Waals surface area contributed by atoms with Crippen LogP contribution in [0.15, 0.2) is 5.11 Å². The zero-order valence-corrected chi connectivity index (χ0v) is 10.7. The van der Waals surface area contributed by atoms with E-state index in [2.05, 4.69) is 14.9 Å². The number of ether oxygens (including phenoxy) is 3. The second-order valence-corrected chi connectivity index (χ2v) is 3.59. The Kier molecular flexibility index (Phi) is 12.6. The molecule has 0 saturated carbocycles. The van der Waals surface area contributed by atoms with Crippen molar-refractivity contribution < 1.29 is 14.2 Å². The predicted octanol–water partition coefficient (Wildman–Crippen LogP) is 0.908. The van der Waals surface area contributed by atoms with Gasteiger partial charge in [-0.2, -0.15) is 0 Å². The van der Waals surface area contributed by atoms with Crippen LogP contribution in [0.1, 0.15) is 0 Å². The highest BCUT2D eigenvalue weighted by atomic mass is 16.5. The first-order valence-electron chi connectivity index (χ1n) is 5.66. The summed E-state index contributed by atoms with van der Waals surface area (Å²) in [5, 5.41) is 3.34. The molecule has 100 valence electrons. The molecule has 0 fully saturated rings. The van der Waals surface area contributed by atoms with Gasteiger partial charge in [0.25, 0.3) is 0 Å². The molecule has 17 heavy (non-hydrogen) atoms. The van der Waals surface area contributed by atoms with Gasteiger partial charge in [0, 0.05) is 18.0 Å². The van der Waals surface area contributed by atoms with Gasteiger partial charge in [0.2, 0.25) is 0 Å². The van der Waals surface area contributed by atoms with Crippen LogP contribution in [0.2, 0.25) is 0 Å². The Morgan fingerprint density at radius 1 is 0.941 bits per heavy atom. The summed E-state index contributed by atoms with van der Waals surface area (Å²) in [5.74, 6) is 0. The summed E-state index contributed by atoms with van der Waals surface area (Å²) in [4.78, 5) is 4.69. The van der Waals surface area contributed by atoms with Crippen LogP contribution >= 0.6 is 0 Å². The van der Waals surface area contributed by atoms with E-state index in [0.29, 0.717) is 39.6 Å². The van der Waals surface area contributed by atoms with E-state index in [1.165, 1.54) is 0 Å². The maximum atomic E-state index is 8.01. The fourth-order valence-corrected chi connectivity index (χ4v) is 0.939. The Labute approximate surface area is 102 Å². The molecule has 0 aromatic carbocycles. The van der Waals surface area contributed by atoms with Gasteiger partial charge in [0.15, 0.2) is 0 Å². The molecule has 0 heterocycles. The molecule has 0 N–H and O–H groups in total. The molecule has 0 radical (unpaired) electrons. The van der Waals surface area contributed by atoms with Gasteiger partial charge in [-0.1, -0.05) is 5.11 Å². The van der Waals surface area contributed by atoms with Crippen molar-refractivity contribution in [3.63, 3.8) is 0 Å². The summed E-state index contributed by atoms with van der Waals surface area (Å²) in [6.45, 7) is 4.67. The van der Waals surface area contributed by atoms with Crippen LogP contribution in [0.3, 0.4) is 0 Å². The van der Waals surface area contributed by atoms with Crippen LogP contribution < -0.4 is 0 Å². The second kappa shape index (κ2) is 13.2. The van der Waals surface area contributed by atoms with Crippen LogP contribution in [-0.2, 0) is 14.2 Å². The van der Waals surface area contributed by atoms with Crippen molar-refractivity contribution in [1.82, 2.24) is 4.90 Å². The summed E-state index contributed by atoms with van der Waals surface area (Å²) in [6, 6.07) is 0. The van der Waals surface area contributed by atoms with E-state index in [1.807, 2.05) is 14.1 Å². The molecule has 0 rings (SSSR count). The molecule has 0 aliphatic rings. The largest absolute Gasteiger partial charge is 0.379 e. The summed E-state index contributed by atoms with van der Waals surface area (Å²) < 4.78 is 15.8. The zero-order valence-electron chi connectivity index (χ0n) is 10.7. The van der Waals surface area contributed by atoms with Crippen molar-refractivity contribution >= 4 is 0 Å². The Balaban J connectivity index is 2.96. The summed E-state index contributed by atoms with van der Waals surface area (Å²) in [6.07, 6.45) is 0. The molecule has 7 heteroatoms. The standard InChI is InChI=1S/C10H22N4O3/c1-14(2)4-6-16-8-10-17-9-7-15-5-3-12-13-11/h3-10H2,1-2H3. The highest BCUT2D eigenvalue weighted by molar-refractivity contribution is 4.44. The van der Waals surface area contributed by atoms with Crippen molar-refractivity contribution in [3.05, 3.63) is 10.4 Å². The van der Waals surface area contributed by atoms with Crippen molar-refractivity contribution in [1.29, 1.82) is 0 Å². The number of rotatable bonds is 12. The van der Waals surface area contributed by atoms with E-state index in [0.717, 1.165) is 13.2 Å². The summed E-state index contributed by atoms with van der Waals surface area (Å²) in [7, 11) is 4.01. The maximum Gasteiger partial charge on any atom is 0.0701 e. The lowest BCUT2D eigenvalue weighted by Gasteiger charge is -2.10. The Morgan fingerprint density at radius 2 is 1.47 bits per heavy atom. The van der Waals surface area contributed by atoms with Gasteiger partial charge in [-0.3, -0.25) is 0 Å². The van der Waals surface area contributed by atoms with E-state index in [-0.39, 0.29) is 0 Å². The molecule has 7 nitrogen and oxygen atoms in total. The molecule has 0 aliphatic carbocycles. The van der Waals surface area contributed by atoms with E-state index < -0.39 is 0 Å². The molecule has 0 aromatic heterocycles. The third-order valence-electron chi connectivity index (χ3n) is 1.83. The number of nitrogens with zero attached hydrogens (tertiary/aromatic N) is 4. The van der Waals surface area contributed by atoms with Crippen LogP contribution in [0.25, 0.3) is 10.4 Å². The molecule has 0 aliphatic heterocycles. The van der Waals surface area contributed by atoms with E-state index in [1.54, 1.807) is 0 Å². The van der Waals surface area contributed by atoms with Crippen LogP contribution in [0.5, 0.6) is 0 Å². The fraction of sp³-hybridized carbons (Fsp3) is 1.00. The van der Waals surface area contributed by atoms with Crippen LogP contribution in [0.4, 0.5) is 0 Å². The minimum atomic E-state index is 0.365. The molecule has 0 atom stereocenters. The molecule has 0 unspecified atom stereocenters. The summed E-state index contributed by atoms with van der Waals surface area (Å²) >= 11 is 0. The smallest absolute Gasteiger partial charge is 0.0701 e. The maximum absolute atomic E-state index is 8.01. The van der Waals surface area contributed by atoms with Crippen molar-refractivity contribution in [3.8, 4) is 0 Å². The van der Waals surface area contributed by atoms with Gasteiger partial charge in [-0.15, -0.1) is 0 Å². The number of azide groups is 1. The molecular weight excluding hydrogens is 224 g/mol. The fourth-order valence-electron chi connectivity index (χ4n) is 0.939. The third kappa shape index (κ3) is 15.1. The Morgan fingerprint density at radius 3 is 2.00 bits per heavy atom. The minimum absolute atomic E-state index is 0.365. The lowest BCUT2D eigenvalue weighted by atomic mass is 10.6. The number of hydrogen-bond acceptors (Lipinski definition) is 5. The normalized spacial score (nSPS) is 10.5. The first-order chi connectivity index (χ1) is 8.27. The van der Waals surface area contributed by atoms with Crippen LogP contribution in [-0.4, -0.2) is 71.7 Å². The van der Waals surface area contributed by atoms with Crippen LogP contribution in [0, 0.1) is 0 Å². The first-order valence-corrected chi connectivity index (χ1v) is 5.66. The second-order valence-electron chi connectivity index (χ2n) is 3.59. The minimum Gasteiger partial charge on any atom is -0.379 e. The van der Waals surface area contributed by atoms with Crippen molar-refractivity contribution in [2.75, 3.05) is 66.8 Å². The quantitative estimate of drug-likeness (QED) is 0.222. The number of likely N-dealkylation sites (N-methyl/N-ethyl adjacent to an activating group) is 1. The first kappa shape index (κ1) is 16.1.